The van der Waals surface area contributed by atoms with E-state index in [-0.39, 0.29) is 12.5 Å². The number of hydrogen-bond acceptors (Lipinski definition) is 2. The van der Waals surface area contributed by atoms with E-state index in [1.165, 1.54) is 0 Å². The van der Waals surface area contributed by atoms with Crippen LogP contribution in [0.1, 0.15) is 16.8 Å². The Labute approximate surface area is 100 Å². The minimum absolute atomic E-state index is 0.0877. The first kappa shape index (κ1) is 11.6. The lowest BCUT2D eigenvalue weighted by molar-refractivity contribution is 0.0953. The standard InChI is InChI=1S/C14H15NO2/c16-10-4-9-15-14(17)13-8-3-6-11-5-1-2-7-12(11)13/h1-3,5-8,16H,4,9-10H2,(H,15,17). The lowest BCUT2D eigenvalue weighted by Gasteiger charge is -2.07. The van der Waals surface area contributed by atoms with Crippen LogP contribution in [0.25, 0.3) is 10.8 Å². The Morgan fingerprint density at radius 3 is 2.71 bits per heavy atom. The first-order valence-corrected chi connectivity index (χ1v) is 5.70. The zero-order valence-electron chi connectivity index (χ0n) is 9.52. The van der Waals surface area contributed by atoms with Crippen LogP contribution >= 0.6 is 0 Å². The number of aliphatic hydroxyl groups is 1. The van der Waals surface area contributed by atoms with Crippen molar-refractivity contribution in [2.45, 2.75) is 6.42 Å². The number of nitrogens with one attached hydrogen (secondary N) is 1. The third-order valence-electron chi connectivity index (χ3n) is 2.65. The number of carbonyl (C=O) groups is 1. The normalized spacial score (nSPS) is 10.4. The van der Waals surface area contributed by atoms with Crippen LogP contribution in [0.4, 0.5) is 0 Å². The Kier molecular flexibility index (Phi) is 3.73. The number of amides is 1. The van der Waals surface area contributed by atoms with Crippen molar-refractivity contribution < 1.29 is 9.90 Å². The molecule has 0 spiro atoms. The van der Waals surface area contributed by atoms with Crippen LogP contribution in [-0.2, 0) is 0 Å². The molecule has 0 atom stereocenters. The van der Waals surface area contributed by atoms with E-state index in [1.807, 2.05) is 42.5 Å². The molecular formula is C14H15NO2. The number of hydrogen-bond donors (Lipinski definition) is 2. The van der Waals surface area contributed by atoms with Crippen LogP contribution in [0.5, 0.6) is 0 Å². The van der Waals surface area contributed by atoms with E-state index in [1.54, 1.807) is 0 Å². The van der Waals surface area contributed by atoms with Gasteiger partial charge < -0.3 is 10.4 Å². The molecule has 0 unspecified atom stereocenters. The molecule has 0 saturated carbocycles. The molecule has 0 radical (unpaired) electrons. The van der Waals surface area contributed by atoms with Crippen LogP contribution in [0, 0.1) is 0 Å². The fraction of sp³-hybridized carbons (Fsp3) is 0.214. The molecule has 2 aromatic rings. The maximum atomic E-state index is 11.9. The second-order valence-electron chi connectivity index (χ2n) is 3.86. The molecule has 3 heteroatoms. The molecule has 0 aliphatic rings. The van der Waals surface area contributed by atoms with Crippen molar-refractivity contribution in [3.05, 3.63) is 48.0 Å². The molecule has 88 valence electrons. The van der Waals surface area contributed by atoms with Crippen molar-refractivity contribution in [2.75, 3.05) is 13.2 Å². The third-order valence-corrected chi connectivity index (χ3v) is 2.65. The second-order valence-corrected chi connectivity index (χ2v) is 3.86. The first-order chi connectivity index (χ1) is 8.33. The van der Waals surface area contributed by atoms with E-state index in [0.29, 0.717) is 18.5 Å². The van der Waals surface area contributed by atoms with Gasteiger partial charge in [0.2, 0.25) is 0 Å². The zero-order chi connectivity index (χ0) is 12.1. The second kappa shape index (κ2) is 5.46. The first-order valence-electron chi connectivity index (χ1n) is 5.70. The maximum Gasteiger partial charge on any atom is 0.251 e. The summed E-state index contributed by atoms with van der Waals surface area (Å²) in [5.74, 6) is -0.0877. The number of aliphatic hydroxyl groups excluding tert-OH is 1. The van der Waals surface area contributed by atoms with Gasteiger partial charge in [-0.15, -0.1) is 0 Å². The summed E-state index contributed by atoms with van der Waals surface area (Å²) in [6.07, 6.45) is 0.580. The fourth-order valence-corrected chi connectivity index (χ4v) is 1.80. The highest BCUT2D eigenvalue weighted by Crippen LogP contribution is 2.18. The minimum Gasteiger partial charge on any atom is -0.396 e. The predicted molar refractivity (Wildman–Crippen MR) is 68.0 cm³/mol. The molecule has 2 rings (SSSR count). The summed E-state index contributed by atoms with van der Waals surface area (Å²) < 4.78 is 0. The van der Waals surface area contributed by atoms with Crippen molar-refractivity contribution in [2.24, 2.45) is 0 Å². The summed E-state index contributed by atoms with van der Waals surface area (Å²) in [6, 6.07) is 13.5. The molecule has 0 aromatic heterocycles. The highest BCUT2D eigenvalue weighted by molar-refractivity contribution is 6.06. The average molecular weight is 229 g/mol. The van der Waals surface area contributed by atoms with Crippen LogP contribution in [-0.4, -0.2) is 24.2 Å². The van der Waals surface area contributed by atoms with Gasteiger partial charge in [-0.25, -0.2) is 0 Å². The van der Waals surface area contributed by atoms with Gasteiger partial charge in [0.05, 0.1) is 0 Å². The Bertz CT molecular complexity index is 517. The zero-order valence-corrected chi connectivity index (χ0v) is 9.52. The van der Waals surface area contributed by atoms with Crippen LogP contribution < -0.4 is 5.32 Å². The minimum atomic E-state index is -0.0877. The van der Waals surface area contributed by atoms with Gasteiger partial charge in [-0.05, 0) is 23.3 Å². The molecule has 1 amide bonds. The SMILES string of the molecule is O=C(NCCCO)c1cccc2ccccc12. The summed E-state index contributed by atoms with van der Waals surface area (Å²) in [7, 11) is 0. The number of rotatable bonds is 4. The number of carbonyl (C=O) groups excluding carboxylic acids is 1. The largest absolute Gasteiger partial charge is 0.396 e. The maximum absolute atomic E-state index is 11.9. The average Bonchev–Trinajstić information content (AvgIpc) is 2.38. The lowest BCUT2D eigenvalue weighted by Crippen LogP contribution is -2.25. The van der Waals surface area contributed by atoms with E-state index in [0.717, 1.165) is 10.8 Å². The van der Waals surface area contributed by atoms with Crippen molar-refractivity contribution in [3.63, 3.8) is 0 Å². The van der Waals surface area contributed by atoms with Crippen molar-refractivity contribution in [1.29, 1.82) is 0 Å². The molecular weight excluding hydrogens is 214 g/mol. The molecule has 0 aliphatic carbocycles. The fourth-order valence-electron chi connectivity index (χ4n) is 1.80. The van der Waals surface area contributed by atoms with Crippen molar-refractivity contribution >= 4 is 16.7 Å². The Balaban J connectivity index is 2.26. The summed E-state index contributed by atoms with van der Waals surface area (Å²) in [4.78, 5) is 11.9. The number of fused-ring (bicyclic) bond motifs is 1. The van der Waals surface area contributed by atoms with Gasteiger partial charge in [0.1, 0.15) is 0 Å². The Hall–Kier alpha value is -1.87. The molecule has 3 nitrogen and oxygen atoms in total. The third kappa shape index (κ3) is 2.63. The van der Waals surface area contributed by atoms with Gasteiger partial charge in [0, 0.05) is 18.7 Å². The molecule has 0 fully saturated rings. The van der Waals surface area contributed by atoms with Crippen LogP contribution in [0.2, 0.25) is 0 Å². The van der Waals surface area contributed by atoms with E-state index in [4.69, 9.17) is 5.11 Å². The highest BCUT2D eigenvalue weighted by Gasteiger charge is 2.08. The molecule has 17 heavy (non-hydrogen) atoms. The Morgan fingerprint density at radius 1 is 1.12 bits per heavy atom. The van der Waals surface area contributed by atoms with E-state index in [2.05, 4.69) is 5.32 Å². The molecule has 0 heterocycles. The summed E-state index contributed by atoms with van der Waals surface area (Å²) in [5, 5.41) is 13.5. The topological polar surface area (TPSA) is 49.3 Å². The van der Waals surface area contributed by atoms with Gasteiger partial charge in [-0.1, -0.05) is 36.4 Å². The van der Waals surface area contributed by atoms with Crippen molar-refractivity contribution in [1.82, 2.24) is 5.32 Å². The van der Waals surface area contributed by atoms with Gasteiger partial charge in [0.25, 0.3) is 5.91 Å². The van der Waals surface area contributed by atoms with Crippen molar-refractivity contribution in [3.8, 4) is 0 Å². The van der Waals surface area contributed by atoms with E-state index in [9.17, 15) is 4.79 Å². The van der Waals surface area contributed by atoms with Gasteiger partial charge in [0.15, 0.2) is 0 Å². The summed E-state index contributed by atoms with van der Waals surface area (Å²) in [6.45, 7) is 0.592. The summed E-state index contributed by atoms with van der Waals surface area (Å²) >= 11 is 0. The van der Waals surface area contributed by atoms with Crippen LogP contribution in [0.3, 0.4) is 0 Å². The quantitative estimate of drug-likeness (QED) is 0.787. The molecule has 0 bridgehead atoms. The van der Waals surface area contributed by atoms with Gasteiger partial charge >= 0.3 is 0 Å². The lowest BCUT2D eigenvalue weighted by atomic mass is 10.0. The highest BCUT2D eigenvalue weighted by atomic mass is 16.3. The van der Waals surface area contributed by atoms with E-state index >= 15 is 0 Å². The predicted octanol–water partition coefficient (Wildman–Crippen LogP) is 1.95. The monoisotopic (exact) mass is 229 g/mol. The molecule has 2 aromatic carbocycles. The Morgan fingerprint density at radius 2 is 1.88 bits per heavy atom. The number of benzene rings is 2. The summed E-state index contributed by atoms with van der Waals surface area (Å²) in [5.41, 5.74) is 0.682. The van der Waals surface area contributed by atoms with Crippen LogP contribution in [0.15, 0.2) is 42.5 Å². The molecule has 2 N–H and O–H groups in total. The van der Waals surface area contributed by atoms with Gasteiger partial charge in [-0.3, -0.25) is 4.79 Å². The molecule has 0 aliphatic heterocycles. The van der Waals surface area contributed by atoms with Gasteiger partial charge in [-0.2, -0.15) is 0 Å². The smallest absolute Gasteiger partial charge is 0.251 e. The molecule has 0 saturated heterocycles. The van der Waals surface area contributed by atoms with E-state index < -0.39 is 0 Å².